The van der Waals surface area contributed by atoms with E-state index in [-0.39, 0.29) is 18.0 Å². The highest BCUT2D eigenvalue weighted by Gasteiger charge is 2.15. The third-order valence-corrected chi connectivity index (χ3v) is 2.46. The van der Waals surface area contributed by atoms with E-state index in [0.717, 1.165) is 17.0 Å². The van der Waals surface area contributed by atoms with Crippen molar-refractivity contribution in [3.8, 4) is 0 Å². The van der Waals surface area contributed by atoms with Crippen molar-refractivity contribution < 1.29 is 23.5 Å². The summed E-state index contributed by atoms with van der Waals surface area (Å²) in [5.41, 5.74) is -0.405. The zero-order chi connectivity index (χ0) is 14.6. The first-order chi connectivity index (χ1) is 8.81. The van der Waals surface area contributed by atoms with Gasteiger partial charge in [-0.05, 0) is 12.1 Å². The average molecular weight is 293 g/mol. The number of nitrogens with zero attached hydrogens (tertiary/aromatic N) is 1. The summed E-state index contributed by atoms with van der Waals surface area (Å²) >= 11 is 5.54. The Bertz CT molecular complexity index is 511. The normalized spacial score (nSPS) is 10.1. The van der Waals surface area contributed by atoms with Crippen LogP contribution < -0.4 is 5.32 Å². The molecule has 0 bridgehead atoms. The maximum Gasteiger partial charge on any atom is 0.321 e. The van der Waals surface area contributed by atoms with Gasteiger partial charge in [-0.25, -0.2) is 13.6 Å². The molecule has 2 amide bonds. The van der Waals surface area contributed by atoms with Crippen LogP contribution in [0, 0.1) is 11.6 Å². The molecule has 0 saturated carbocycles. The van der Waals surface area contributed by atoms with Crippen LogP contribution in [0.2, 0.25) is 5.02 Å². The fourth-order valence-corrected chi connectivity index (χ4v) is 1.43. The second kappa shape index (κ2) is 6.33. The number of benzene rings is 1. The summed E-state index contributed by atoms with van der Waals surface area (Å²) in [6.45, 7) is -0.0637. The van der Waals surface area contributed by atoms with E-state index in [1.165, 1.54) is 7.05 Å². The van der Waals surface area contributed by atoms with Crippen LogP contribution in [0.4, 0.5) is 19.3 Å². The average Bonchev–Trinajstić information content (AvgIpc) is 2.32. The lowest BCUT2D eigenvalue weighted by molar-refractivity contribution is -0.137. The molecule has 0 aliphatic rings. The number of urea groups is 1. The smallest absolute Gasteiger partial charge is 0.321 e. The Morgan fingerprint density at radius 1 is 1.42 bits per heavy atom. The zero-order valence-electron chi connectivity index (χ0n) is 9.91. The lowest BCUT2D eigenvalue weighted by atomic mass is 10.3. The first kappa shape index (κ1) is 15.2. The molecule has 0 fully saturated rings. The van der Waals surface area contributed by atoms with E-state index in [1.807, 2.05) is 0 Å². The van der Waals surface area contributed by atoms with Crippen LogP contribution in [0.3, 0.4) is 0 Å². The van der Waals surface area contributed by atoms with E-state index in [0.29, 0.717) is 0 Å². The standard InChI is InChI=1S/C11H11ClF2N2O3/c1-16(3-2-9(17)18)11(19)15-8-5-6(12)4-7(13)10(8)14/h4-5H,2-3H2,1H3,(H,15,19)(H,17,18). The minimum absolute atomic E-state index is 0.0637. The van der Waals surface area contributed by atoms with Gasteiger partial charge in [0.05, 0.1) is 12.1 Å². The van der Waals surface area contributed by atoms with Crippen LogP contribution in [-0.2, 0) is 4.79 Å². The van der Waals surface area contributed by atoms with Gasteiger partial charge in [-0.1, -0.05) is 11.6 Å². The minimum Gasteiger partial charge on any atom is -0.481 e. The molecule has 5 nitrogen and oxygen atoms in total. The number of carboxylic acid groups (broad SMARTS) is 1. The monoisotopic (exact) mass is 292 g/mol. The summed E-state index contributed by atoms with van der Waals surface area (Å²) in [4.78, 5) is 23.0. The Hall–Kier alpha value is -1.89. The molecule has 0 aliphatic carbocycles. The van der Waals surface area contributed by atoms with Gasteiger partial charge in [-0.2, -0.15) is 0 Å². The molecule has 0 aromatic heterocycles. The van der Waals surface area contributed by atoms with Gasteiger partial charge in [-0.3, -0.25) is 4.79 Å². The summed E-state index contributed by atoms with van der Waals surface area (Å²) in [6.07, 6.45) is -0.254. The molecule has 0 saturated heterocycles. The highest BCUT2D eigenvalue weighted by molar-refractivity contribution is 6.30. The van der Waals surface area contributed by atoms with Crippen molar-refractivity contribution in [3.63, 3.8) is 0 Å². The van der Waals surface area contributed by atoms with Gasteiger partial charge in [0.1, 0.15) is 0 Å². The molecule has 8 heteroatoms. The molecular weight excluding hydrogens is 282 g/mol. The number of carboxylic acids is 1. The van der Waals surface area contributed by atoms with Crippen LogP contribution in [-0.4, -0.2) is 35.6 Å². The van der Waals surface area contributed by atoms with Crippen molar-refractivity contribution in [1.29, 1.82) is 0 Å². The lowest BCUT2D eigenvalue weighted by Crippen LogP contribution is -2.33. The topological polar surface area (TPSA) is 69.6 Å². The molecular formula is C11H11ClF2N2O3. The van der Waals surface area contributed by atoms with Crippen molar-refractivity contribution in [2.24, 2.45) is 0 Å². The van der Waals surface area contributed by atoms with E-state index in [9.17, 15) is 18.4 Å². The highest BCUT2D eigenvalue weighted by Crippen LogP contribution is 2.23. The van der Waals surface area contributed by atoms with E-state index >= 15 is 0 Å². The molecule has 0 heterocycles. The Labute approximate surface area is 112 Å². The maximum absolute atomic E-state index is 13.4. The lowest BCUT2D eigenvalue weighted by Gasteiger charge is -2.17. The number of aliphatic carboxylic acids is 1. The summed E-state index contributed by atoms with van der Waals surface area (Å²) in [5, 5.41) is 10.5. The molecule has 2 N–H and O–H groups in total. The number of amides is 2. The Morgan fingerprint density at radius 3 is 2.63 bits per heavy atom. The number of rotatable bonds is 4. The first-order valence-electron chi connectivity index (χ1n) is 5.19. The van der Waals surface area contributed by atoms with Crippen molar-refractivity contribution in [1.82, 2.24) is 4.90 Å². The quantitative estimate of drug-likeness (QED) is 0.838. The molecule has 0 spiro atoms. The van der Waals surface area contributed by atoms with E-state index < -0.39 is 29.3 Å². The van der Waals surface area contributed by atoms with Gasteiger partial charge in [0, 0.05) is 18.6 Å². The van der Waals surface area contributed by atoms with Crippen LogP contribution >= 0.6 is 11.6 Å². The van der Waals surface area contributed by atoms with Gasteiger partial charge >= 0.3 is 12.0 Å². The number of anilines is 1. The molecule has 1 rings (SSSR count). The molecule has 0 atom stereocenters. The van der Waals surface area contributed by atoms with Crippen LogP contribution in [0.25, 0.3) is 0 Å². The Balaban J connectivity index is 2.74. The fourth-order valence-electron chi connectivity index (χ4n) is 1.22. The summed E-state index contributed by atoms with van der Waals surface area (Å²) in [5.74, 6) is -3.49. The fraction of sp³-hybridized carbons (Fsp3) is 0.273. The third-order valence-electron chi connectivity index (χ3n) is 2.24. The van der Waals surface area contributed by atoms with Crippen LogP contribution in [0.1, 0.15) is 6.42 Å². The number of nitrogens with one attached hydrogen (secondary N) is 1. The molecule has 0 radical (unpaired) electrons. The largest absolute Gasteiger partial charge is 0.481 e. The van der Waals surface area contributed by atoms with Crippen molar-refractivity contribution in [2.45, 2.75) is 6.42 Å². The Kier molecular flexibility index (Phi) is 5.05. The van der Waals surface area contributed by atoms with Crippen molar-refractivity contribution in [3.05, 3.63) is 28.8 Å². The van der Waals surface area contributed by atoms with Gasteiger partial charge in [0.25, 0.3) is 0 Å². The van der Waals surface area contributed by atoms with Crippen molar-refractivity contribution >= 4 is 29.3 Å². The van der Waals surface area contributed by atoms with Gasteiger partial charge in [0.15, 0.2) is 11.6 Å². The second-order valence-corrected chi connectivity index (χ2v) is 4.18. The Morgan fingerprint density at radius 2 is 2.05 bits per heavy atom. The molecule has 0 unspecified atom stereocenters. The zero-order valence-corrected chi connectivity index (χ0v) is 10.7. The molecule has 19 heavy (non-hydrogen) atoms. The predicted octanol–water partition coefficient (Wildman–Crippen LogP) is 2.56. The summed E-state index contributed by atoms with van der Waals surface area (Å²) < 4.78 is 26.4. The summed E-state index contributed by atoms with van der Waals surface area (Å²) in [7, 11) is 1.33. The van der Waals surface area contributed by atoms with E-state index in [1.54, 1.807) is 0 Å². The number of hydrogen-bond acceptors (Lipinski definition) is 2. The van der Waals surface area contributed by atoms with E-state index in [2.05, 4.69) is 5.32 Å². The molecule has 104 valence electrons. The van der Waals surface area contributed by atoms with Crippen molar-refractivity contribution in [2.75, 3.05) is 18.9 Å². The van der Waals surface area contributed by atoms with E-state index in [4.69, 9.17) is 16.7 Å². The second-order valence-electron chi connectivity index (χ2n) is 3.74. The molecule has 1 aromatic carbocycles. The van der Waals surface area contributed by atoms with Crippen LogP contribution in [0.5, 0.6) is 0 Å². The SMILES string of the molecule is CN(CCC(=O)O)C(=O)Nc1cc(Cl)cc(F)c1F. The molecule has 0 aliphatic heterocycles. The minimum atomic E-state index is -1.23. The van der Waals surface area contributed by atoms with Gasteiger partial charge in [0.2, 0.25) is 0 Å². The van der Waals surface area contributed by atoms with Crippen LogP contribution in [0.15, 0.2) is 12.1 Å². The third kappa shape index (κ3) is 4.36. The summed E-state index contributed by atoms with van der Waals surface area (Å²) in [6, 6.07) is 1.07. The van der Waals surface area contributed by atoms with Gasteiger partial charge in [-0.15, -0.1) is 0 Å². The maximum atomic E-state index is 13.4. The van der Waals surface area contributed by atoms with Gasteiger partial charge < -0.3 is 15.3 Å². The number of carbonyl (C=O) groups excluding carboxylic acids is 1. The molecule has 1 aromatic rings. The highest BCUT2D eigenvalue weighted by atomic mass is 35.5. The number of halogens is 3. The first-order valence-corrected chi connectivity index (χ1v) is 5.57. The number of hydrogen-bond donors (Lipinski definition) is 2. The number of carbonyl (C=O) groups is 2. The predicted molar refractivity (Wildman–Crippen MR) is 65.3 cm³/mol.